The van der Waals surface area contributed by atoms with E-state index in [4.69, 9.17) is 0 Å². The Morgan fingerprint density at radius 1 is 0.511 bits per heavy atom. The zero-order valence-corrected chi connectivity index (χ0v) is 29.3. The summed E-state index contributed by atoms with van der Waals surface area (Å²) in [6.07, 6.45) is 50.1. The van der Waals surface area contributed by atoms with Crippen molar-refractivity contribution in [1.82, 2.24) is 0 Å². The van der Waals surface area contributed by atoms with Crippen LogP contribution in [0.5, 0.6) is 0 Å². The van der Waals surface area contributed by atoms with Crippen molar-refractivity contribution in [3.63, 3.8) is 0 Å². The van der Waals surface area contributed by atoms with Crippen molar-refractivity contribution in [3.8, 4) is 0 Å². The first-order chi connectivity index (χ1) is 21.9. The minimum atomic E-state index is -4.70. The highest BCUT2D eigenvalue weighted by Crippen LogP contribution is 2.19. The molecule has 0 aliphatic rings. The molecule has 0 aliphatic heterocycles. The normalized spacial score (nSPS) is 13.3. The Labute approximate surface area is 283 Å². The minimum Gasteiger partial charge on any atom is -0.289 e. The molecule has 0 atom stereocenters. The fraction of sp³-hybridized carbons (Fsp3) is 0.462. The molecular formula is C39H57F3OS2. The van der Waals surface area contributed by atoms with Crippen LogP contribution in [0.25, 0.3) is 0 Å². The number of carbonyl (C=O) groups excluding carboxylic acids is 1. The molecule has 0 aromatic heterocycles. The molecule has 0 unspecified atom stereocenters. The van der Waals surface area contributed by atoms with Crippen LogP contribution < -0.4 is 0 Å². The van der Waals surface area contributed by atoms with Gasteiger partial charge in [-0.25, -0.2) is 0 Å². The molecule has 0 saturated carbocycles. The lowest BCUT2D eigenvalue weighted by molar-refractivity contribution is -0.167. The van der Waals surface area contributed by atoms with E-state index in [1.54, 1.807) is 0 Å². The van der Waals surface area contributed by atoms with Crippen LogP contribution in [0.1, 0.15) is 90.9 Å². The van der Waals surface area contributed by atoms with E-state index in [2.05, 4.69) is 136 Å². The molecule has 0 radical (unpaired) electrons. The van der Waals surface area contributed by atoms with E-state index in [0.29, 0.717) is 12.2 Å². The van der Waals surface area contributed by atoms with Crippen LogP contribution in [0, 0.1) is 0 Å². The van der Waals surface area contributed by atoms with Crippen LogP contribution in [0.4, 0.5) is 13.2 Å². The van der Waals surface area contributed by atoms with Gasteiger partial charge in [0.2, 0.25) is 5.78 Å². The summed E-state index contributed by atoms with van der Waals surface area (Å²) in [5, 5.41) is 0. The second-order valence-corrected chi connectivity index (χ2v) is 11.2. The number of thioether (sulfide) groups is 1. The highest BCUT2D eigenvalue weighted by atomic mass is 32.2. The molecule has 0 amide bonds. The van der Waals surface area contributed by atoms with Crippen LogP contribution >= 0.6 is 24.4 Å². The Morgan fingerprint density at radius 3 is 1.09 bits per heavy atom. The Kier molecular flexibility index (Phi) is 37.5. The van der Waals surface area contributed by atoms with E-state index >= 15 is 0 Å². The van der Waals surface area contributed by atoms with Crippen LogP contribution in [0.3, 0.4) is 0 Å². The quantitative estimate of drug-likeness (QED) is 0.0595. The zero-order chi connectivity index (χ0) is 33.5. The summed E-state index contributed by atoms with van der Waals surface area (Å²) in [5.74, 6) is -0.697. The summed E-state index contributed by atoms with van der Waals surface area (Å²) < 4.78 is 35.9. The van der Waals surface area contributed by atoms with Crippen molar-refractivity contribution in [2.24, 2.45) is 0 Å². The molecule has 0 N–H and O–H groups in total. The second-order valence-electron chi connectivity index (χ2n) is 9.69. The minimum absolute atomic E-state index is 0.492. The maximum absolute atomic E-state index is 12.0. The van der Waals surface area contributed by atoms with Gasteiger partial charge >= 0.3 is 6.18 Å². The summed E-state index contributed by atoms with van der Waals surface area (Å²) >= 11 is 5.17. The van der Waals surface area contributed by atoms with Gasteiger partial charge in [-0.1, -0.05) is 135 Å². The van der Waals surface area contributed by atoms with Crippen molar-refractivity contribution in [2.45, 2.75) is 97.1 Å². The highest BCUT2D eigenvalue weighted by molar-refractivity contribution is 7.99. The van der Waals surface area contributed by atoms with E-state index in [1.807, 2.05) is 12.2 Å². The van der Waals surface area contributed by atoms with Gasteiger partial charge in [0.15, 0.2) is 0 Å². The maximum atomic E-state index is 12.0. The molecular weight excluding hydrogens is 606 g/mol. The second kappa shape index (κ2) is 37.7. The maximum Gasteiger partial charge on any atom is 0.450 e. The Hall–Kier alpha value is -2.44. The lowest BCUT2D eigenvalue weighted by Gasteiger charge is -2.03. The average Bonchev–Trinajstić information content (AvgIpc) is 3.02. The summed E-state index contributed by atoms with van der Waals surface area (Å²) in [7, 11) is 0. The third-order valence-electron chi connectivity index (χ3n) is 5.59. The number of rotatable bonds is 25. The summed E-state index contributed by atoms with van der Waals surface area (Å²) in [6.45, 7) is 4.28. The zero-order valence-electron chi connectivity index (χ0n) is 27.6. The van der Waals surface area contributed by atoms with Gasteiger partial charge in [-0.2, -0.15) is 37.6 Å². The first-order valence-electron chi connectivity index (χ1n) is 16.2. The third-order valence-corrected chi connectivity index (χ3v) is 6.84. The van der Waals surface area contributed by atoms with Crippen molar-refractivity contribution in [2.75, 3.05) is 17.3 Å². The molecule has 0 saturated heterocycles. The molecule has 6 heteroatoms. The number of allylic oxidation sites excluding steroid dienone is 20. The number of carbonyl (C=O) groups is 1. The SMILES string of the molecule is CC/C=C\C/C=C\C/C=C\C/C=C\C/C=C\CCS.CC/C=C\C/C=C\C/C=C\C/C=C\C/C=C\CCSCC(=O)C(F)(F)F. The van der Waals surface area contributed by atoms with Crippen molar-refractivity contribution in [1.29, 1.82) is 0 Å². The first kappa shape index (κ1) is 44.7. The van der Waals surface area contributed by atoms with Crippen LogP contribution in [-0.4, -0.2) is 29.2 Å². The number of hydrogen-bond donors (Lipinski definition) is 1. The predicted molar refractivity (Wildman–Crippen MR) is 200 cm³/mol. The molecule has 0 aromatic rings. The van der Waals surface area contributed by atoms with Crippen molar-refractivity contribution < 1.29 is 18.0 Å². The molecule has 0 aromatic carbocycles. The molecule has 0 bridgehead atoms. The largest absolute Gasteiger partial charge is 0.450 e. The van der Waals surface area contributed by atoms with E-state index in [0.717, 1.165) is 88.1 Å². The van der Waals surface area contributed by atoms with Gasteiger partial charge < -0.3 is 0 Å². The third kappa shape index (κ3) is 41.6. The summed E-state index contributed by atoms with van der Waals surface area (Å²) in [5.41, 5.74) is 0. The lowest BCUT2D eigenvalue weighted by atomic mass is 10.2. The van der Waals surface area contributed by atoms with Gasteiger partial charge in [-0.3, -0.25) is 4.79 Å². The smallest absolute Gasteiger partial charge is 0.289 e. The van der Waals surface area contributed by atoms with Crippen molar-refractivity contribution >= 4 is 30.2 Å². The fourth-order valence-corrected chi connectivity index (χ4v) is 4.16. The van der Waals surface area contributed by atoms with Gasteiger partial charge in [-0.15, -0.1) is 0 Å². The van der Waals surface area contributed by atoms with Crippen LogP contribution in [0.15, 0.2) is 122 Å². The molecule has 1 nitrogen and oxygen atoms in total. The number of halogens is 3. The van der Waals surface area contributed by atoms with Crippen molar-refractivity contribution in [3.05, 3.63) is 122 Å². The van der Waals surface area contributed by atoms with E-state index in [9.17, 15) is 18.0 Å². The molecule has 0 rings (SSSR count). The first-order valence-corrected chi connectivity index (χ1v) is 18.0. The summed E-state index contributed by atoms with van der Waals surface area (Å²) in [4.78, 5) is 10.7. The Balaban J connectivity index is 0. The van der Waals surface area contributed by atoms with Gasteiger partial charge in [0, 0.05) is 0 Å². The molecule has 0 aliphatic carbocycles. The topological polar surface area (TPSA) is 17.1 Å². The highest BCUT2D eigenvalue weighted by Gasteiger charge is 2.37. The van der Waals surface area contributed by atoms with Crippen LogP contribution in [0.2, 0.25) is 0 Å². The molecule has 45 heavy (non-hydrogen) atoms. The van der Waals surface area contributed by atoms with E-state index in [1.165, 1.54) is 0 Å². The Bertz CT molecular complexity index is 961. The number of thiol groups is 1. The number of alkyl halides is 3. The van der Waals surface area contributed by atoms with Gasteiger partial charge in [0.05, 0.1) is 5.75 Å². The lowest BCUT2D eigenvalue weighted by Crippen LogP contribution is -2.24. The van der Waals surface area contributed by atoms with E-state index < -0.39 is 17.7 Å². The van der Waals surface area contributed by atoms with Gasteiger partial charge in [0.25, 0.3) is 0 Å². The Morgan fingerprint density at radius 2 is 0.800 bits per heavy atom. The molecule has 252 valence electrons. The number of Topliss-reactive ketones (excluding diaryl/α,β-unsaturated/α-hetero) is 1. The monoisotopic (exact) mass is 662 g/mol. The average molecular weight is 663 g/mol. The van der Waals surface area contributed by atoms with Gasteiger partial charge in [-0.05, 0) is 88.6 Å². The molecule has 0 spiro atoms. The molecule has 0 fully saturated rings. The standard InChI is InChI=1S/C21H29F3OS.C18H28S/c1-2-3-4-5-6-7-8-9-10-11-12-13-14-15-16-17-18-26-19-20(25)21(22,23)24;1-2-3-4-5-6-7-8-9-10-11-12-13-14-15-16-17-18-19/h3-4,6-7,9-10,12-13,15-16H,2,5,8,11,14,17-19H2,1H3;3-4,6-7,9-10,12-13,15-16,19H,2,5,8,11,14,17-18H2,1H3/b2*4-3-,7-6-,10-9-,13-12-,16-15-. The molecule has 0 heterocycles. The van der Waals surface area contributed by atoms with Gasteiger partial charge in [0.1, 0.15) is 0 Å². The number of hydrogen-bond acceptors (Lipinski definition) is 3. The fourth-order valence-electron chi connectivity index (χ4n) is 3.21. The van der Waals surface area contributed by atoms with E-state index in [-0.39, 0.29) is 0 Å². The number of ketones is 1. The summed E-state index contributed by atoms with van der Waals surface area (Å²) in [6, 6.07) is 0. The predicted octanol–water partition coefficient (Wildman–Crippen LogP) is 13.1. The van der Waals surface area contributed by atoms with Crippen LogP contribution in [-0.2, 0) is 4.79 Å².